The van der Waals surface area contributed by atoms with Gasteiger partial charge in [0.2, 0.25) is 11.6 Å². The molecule has 0 aliphatic heterocycles. The van der Waals surface area contributed by atoms with Crippen molar-refractivity contribution in [3.8, 4) is 16.9 Å². The normalized spacial score (nSPS) is 16.4. The number of benzene rings is 4. The van der Waals surface area contributed by atoms with Gasteiger partial charge in [-0.05, 0) is 120 Å². The Morgan fingerprint density at radius 3 is 1.36 bits per heavy atom. The van der Waals surface area contributed by atoms with Gasteiger partial charge in [0.1, 0.15) is 5.75 Å². The highest BCUT2D eigenvalue weighted by Gasteiger charge is 2.37. The van der Waals surface area contributed by atoms with Crippen LogP contribution < -0.4 is 10.6 Å². The number of fused-ring (bicyclic) bond motifs is 2. The Bertz CT molecular complexity index is 2180. The van der Waals surface area contributed by atoms with Gasteiger partial charge in [0.05, 0.1) is 5.57 Å². The van der Waals surface area contributed by atoms with Gasteiger partial charge in [0, 0.05) is 61.7 Å². The van der Waals surface area contributed by atoms with Crippen LogP contribution in [0.15, 0.2) is 84.6 Å². The zero-order valence-corrected chi connectivity index (χ0v) is 33.6. The second-order valence-corrected chi connectivity index (χ2v) is 15.8. The van der Waals surface area contributed by atoms with Crippen molar-refractivity contribution in [3.05, 3.63) is 134 Å². The number of anilines is 2. The van der Waals surface area contributed by atoms with Crippen molar-refractivity contribution < 1.29 is 24.9 Å². The maximum absolute atomic E-state index is 13.9. The van der Waals surface area contributed by atoms with E-state index in [-0.39, 0.29) is 40.2 Å². The fourth-order valence-corrected chi connectivity index (χ4v) is 7.61. The van der Waals surface area contributed by atoms with Crippen molar-refractivity contribution in [1.29, 1.82) is 0 Å². The second-order valence-electron chi connectivity index (χ2n) is 14.9. The number of aliphatic hydroxyl groups excluding tert-OH is 2. The first kappa shape index (κ1) is 39.5. The lowest BCUT2D eigenvalue weighted by Crippen LogP contribution is -2.20. The maximum Gasteiger partial charge on any atom is 0.229 e. The summed E-state index contributed by atoms with van der Waals surface area (Å²) in [6.07, 6.45) is 7.58. The van der Waals surface area contributed by atoms with Crippen LogP contribution in [0.1, 0.15) is 85.9 Å². The predicted octanol–water partition coefficient (Wildman–Crippen LogP) is 12.4. The number of nitrogens with one attached hydrogen (secondary N) is 2. The molecule has 4 aromatic rings. The summed E-state index contributed by atoms with van der Waals surface area (Å²) in [4.78, 5) is 27.8. The minimum Gasteiger partial charge on any atom is -0.507 e. The lowest BCUT2D eigenvalue weighted by molar-refractivity contribution is -0.113. The Hall–Kier alpha value is -5.24. The molecule has 3 aliphatic rings. The SMILES string of the molecule is C1CC1.Cc1cc2c(c(C)c1-c1c(C)cc3c(c1O)/C(=C/Nc1ccc(Cl)cc1)C(=O)C(O)=C3C(C)C)/C(=C\Nc1ccc(Cl)cc1)C(=O)C(O)=C2C(C)C. The summed E-state index contributed by atoms with van der Waals surface area (Å²) in [6, 6.07) is 17.8. The second kappa shape index (κ2) is 15.9. The smallest absolute Gasteiger partial charge is 0.229 e. The minimum absolute atomic E-state index is 0.0942. The van der Waals surface area contributed by atoms with Crippen molar-refractivity contribution in [2.24, 2.45) is 11.8 Å². The maximum atomic E-state index is 13.9. The molecular formula is C46H46Cl2N2O5. The average Bonchev–Trinajstić information content (AvgIpc) is 4.02. The summed E-state index contributed by atoms with van der Waals surface area (Å²) >= 11 is 12.2. The Balaban J connectivity index is 0.00000163. The molecule has 0 radical (unpaired) electrons. The van der Waals surface area contributed by atoms with Gasteiger partial charge in [-0.25, -0.2) is 0 Å². The van der Waals surface area contributed by atoms with Crippen molar-refractivity contribution >= 4 is 68.4 Å². The van der Waals surface area contributed by atoms with E-state index in [2.05, 4.69) is 10.6 Å². The van der Waals surface area contributed by atoms with Crippen molar-refractivity contribution in [3.63, 3.8) is 0 Å². The number of carbonyl (C=O) groups is 2. The highest BCUT2D eigenvalue weighted by atomic mass is 35.5. The number of rotatable bonds is 7. The van der Waals surface area contributed by atoms with E-state index in [0.717, 1.165) is 11.1 Å². The molecule has 0 bridgehead atoms. The molecule has 284 valence electrons. The van der Waals surface area contributed by atoms with E-state index in [0.29, 0.717) is 71.5 Å². The molecular weight excluding hydrogens is 731 g/mol. The molecule has 7 nitrogen and oxygen atoms in total. The Labute approximate surface area is 332 Å². The van der Waals surface area contributed by atoms with Crippen LogP contribution in [0.4, 0.5) is 11.4 Å². The number of aromatic hydroxyl groups is 1. The number of carbonyl (C=O) groups excluding carboxylic acids is 2. The fourth-order valence-electron chi connectivity index (χ4n) is 7.36. The summed E-state index contributed by atoms with van der Waals surface area (Å²) in [7, 11) is 0. The van der Waals surface area contributed by atoms with Crippen LogP contribution in [0.3, 0.4) is 0 Å². The minimum atomic E-state index is -0.618. The molecule has 0 spiro atoms. The molecule has 0 amide bonds. The number of hydrogen-bond donors (Lipinski definition) is 5. The number of ketones is 2. The Morgan fingerprint density at radius 1 is 0.582 bits per heavy atom. The van der Waals surface area contributed by atoms with Crippen LogP contribution in [0, 0.1) is 32.6 Å². The third-order valence-electron chi connectivity index (χ3n) is 10.0. The lowest BCUT2D eigenvalue weighted by atomic mass is 9.74. The quantitative estimate of drug-likeness (QED) is 0.119. The van der Waals surface area contributed by atoms with Crippen LogP contribution in [0.5, 0.6) is 5.75 Å². The van der Waals surface area contributed by atoms with Gasteiger partial charge >= 0.3 is 0 Å². The monoisotopic (exact) mass is 776 g/mol. The van der Waals surface area contributed by atoms with Crippen LogP contribution in [0.25, 0.3) is 33.4 Å². The summed E-state index contributed by atoms with van der Waals surface area (Å²) in [6.45, 7) is 13.3. The fraction of sp³-hybridized carbons (Fsp3) is 0.261. The number of allylic oxidation sites excluding steroid dienone is 4. The topological polar surface area (TPSA) is 119 Å². The molecule has 1 saturated carbocycles. The van der Waals surface area contributed by atoms with Gasteiger partial charge in [-0.3, -0.25) is 9.59 Å². The van der Waals surface area contributed by atoms with Gasteiger partial charge in [0.15, 0.2) is 11.5 Å². The molecule has 9 heteroatoms. The van der Waals surface area contributed by atoms with Crippen LogP contribution >= 0.6 is 23.2 Å². The lowest BCUT2D eigenvalue weighted by Gasteiger charge is -2.30. The van der Waals surface area contributed by atoms with E-state index in [1.807, 2.05) is 60.6 Å². The molecule has 0 atom stereocenters. The van der Waals surface area contributed by atoms with Gasteiger partial charge in [-0.15, -0.1) is 0 Å². The van der Waals surface area contributed by atoms with E-state index in [9.17, 15) is 24.9 Å². The molecule has 0 aromatic heterocycles. The molecule has 7 rings (SSSR count). The Morgan fingerprint density at radius 2 is 0.964 bits per heavy atom. The highest BCUT2D eigenvalue weighted by Crippen LogP contribution is 2.51. The molecule has 4 aromatic carbocycles. The summed E-state index contributed by atoms with van der Waals surface area (Å²) < 4.78 is 0. The van der Waals surface area contributed by atoms with Crippen molar-refractivity contribution in [2.75, 3.05) is 10.6 Å². The number of hydrogen-bond acceptors (Lipinski definition) is 7. The largest absolute Gasteiger partial charge is 0.507 e. The summed E-state index contributed by atoms with van der Waals surface area (Å²) in [5.74, 6) is -2.34. The third-order valence-corrected chi connectivity index (χ3v) is 10.5. The molecule has 5 N–H and O–H groups in total. The predicted molar refractivity (Wildman–Crippen MR) is 226 cm³/mol. The number of phenolic OH excluding ortho intramolecular Hbond substituents is 1. The van der Waals surface area contributed by atoms with Gasteiger partial charge in [-0.1, -0.05) is 82.3 Å². The molecule has 1 fully saturated rings. The van der Waals surface area contributed by atoms with Gasteiger partial charge in [-0.2, -0.15) is 0 Å². The van der Waals surface area contributed by atoms with E-state index >= 15 is 0 Å². The van der Waals surface area contributed by atoms with Crippen LogP contribution in [-0.4, -0.2) is 26.9 Å². The summed E-state index contributed by atoms with van der Waals surface area (Å²) in [5.41, 5.74) is 8.31. The highest BCUT2D eigenvalue weighted by molar-refractivity contribution is 6.35. The molecule has 0 saturated heterocycles. The first-order valence-electron chi connectivity index (χ1n) is 18.5. The number of halogens is 2. The Kier molecular flexibility index (Phi) is 11.4. The van der Waals surface area contributed by atoms with E-state index in [1.54, 1.807) is 54.7 Å². The molecule has 55 heavy (non-hydrogen) atoms. The van der Waals surface area contributed by atoms with Crippen molar-refractivity contribution in [2.45, 2.75) is 67.7 Å². The van der Waals surface area contributed by atoms with E-state index < -0.39 is 11.6 Å². The van der Waals surface area contributed by atoms with E-state index in [4.69, 9.17) is 23.2 Å². The zero-order chi connectivity index (χ0) is 39.9. The molecule has 0 heterocycles. The average molecular weight is 778 g/mol. The number of Topliss-reactive ketones (excluding diaryl/α,β-unsaturated/α-hetero) is 2. The first-order valence-corrected chi connectivity index (χ1v) is 19.3. The standard InChI is InChI=1S/C43H40Cl2N2O5.C3H6/c1-20(2)33-29-16-22(5)35(24(7)37(29)31(39(48)42(33)51)18-46-27-12-8-25(44)9-13-27)36-23(6)17-30-34(21(3)4)43(52)40(49)32(38(30)41(36)50)19-47-28-14-10-26(45)11-15-28;1-2-3-1/h8-21,46-47,50-52H,1-7H3;1-3H2/b31-18+,32-19-;. The van der Waals surface area contributed by atoms with Crippen LogP contribution in [-0.2, 0) is 9.59 Å². The third kappa shape index (κ3) is 7.69. The van der Waals surface area contributed by atoms with Gasteiger partial charge in [0.25, 0.3) is 0 Å². The summed E-state index contributed by atoms with van der Waals surface area (Å²) in [5, 5.41) is 42.3. The number of phenols is 1. The van der Waals surface area contributed by atoms with Crippen LogP contribution in [0.2, 0.25) is 10.0 Å². The molecule has 3 aliphatic carbocycles. The number of aliphatic hydroxyl groups is 2. The molecule has 0 unspecified atom stereocenters. The van der Waals surface area contributed by atoms with Gasteiger partial charge < -0.3 is 26.0 Å². The van der Waals surface area contributed by atoms with Crippen molar-refractivity contribution in [1.82, 2.24) is 0 Å². The first-order chi connectivity index (χ1) is 26.1. The zero-order valence-electron chi connectivity index (χ0n) is 32.1. The van der Waals surface area contributed by atoms with E-state index in [1.165, 1.54) is 25.5 Å². The number of aryl methyl sites for hydroxylation is 2.